The Bertz CT molecular complexity index is 476. The second-order valence-electron chi connectivity index (χ2n) is 2.70. The van der Waals surface area contributed by atoms with Crippen molar-refractivity contribution in [1.82, 2.24) is 4.98 Å². The van der Waals surface area contributed by atoms with Crippen LogP contribution in [0.1, 0.15) is 10.4 Å². The molecule has 0 fully saturated rings. The lowest BCUT2D eigenvalue weighted by atomic mass is 10.2. The first-order valence-corrected chi connectivity index (χ1v) is 4.47. The van der Waals surface area contributed by atoms with E-state index < -0.39 is 0 Å². The highest BCUT2D eigenvalue weighted by atomic mass is 79.9. The molecule has 3 nitrogen and oxygen atoms in total. The van der Waals surface area contributed by atoms with Crippen LogP contribution in [0, 0.1) is 0 Å². The molecule has 0 spiro atoms. The number of aromatic hydroxyl groups is 1. The molecule has 0 aliphatic rings. The van der Waals surface area contributed by atoms with Crippen LogP contribution in [0.2, 0.25) is 0 Å². The molecule has 1 heterocycles. The van der Waals surface area contributed by atoms with E-state index >= 15 is 0 Å². The molecule has 0 aliphatic heterocycles. The Balaban J connectivity index is 2.86. The van der Waals surface area contributed by atoms with Crippen molar-refractivity contribution < 1.29 is 9.90 Å². The van der Waals surface area contributed by atoms with Crippen LogP contribution in [-0.2, 0) is 0 Å². The molecule has 0 radical (unpaired) electrons. The molecule has 0 aliphatic carbocycles. The molecule has 2 N–H and O–H groups in total. The van der Waals surface area contributed by atoms with E-state index in [9.17, 15) is 9.90 Å². The topological polar surface area (TPSA) is 53.1 Å². The van der Waals surface area contributed by atoms with Gasteiger partial charge in [-0.3, -0.25) is 4.79 Å². The summed E-state index contributed by atoms with van der Waals surface area (Å²) in [5.74, 6) is -0.0805. The van der Waals surface area contributed by atoms with Crippen molar-refractivity contribution >= 4 is 33.1 Å². The maximum absolute atomic E-state index is 10.6. The van der Waals surface area contributed by atoms with E-state index in [0.717, 1.165) is 15.4 Å². The van der Waals surface area contributed by atoms with Gasteiger partial charge in [0, 0.05) is 9.86 Å². The third kappa shape index (κ3) is 1.23. The second-order valence-corrected chi connectivity index (χ2v) is 3.61. The predicted molar refractivity (Wildman–Crippen MR) is 53.1 cm³/mol. The van der Waals surface area contributed by atoms with Crippen molar-refractivity contribution in [3.8, 4) is 5.88 Å². The van der Waals surface area contributed by atoms with Crippen molar-refractivity contribution in [3.63, 3.8) is 0 Å². The van der Waals surface area contributed by atoms with Gasteiger partial charge in [0.05, 0.1) is 11.1 Å². The van der Waals surface area contributed by atoms with E-state index in [2.05, 4.69) is 20.9 Å². The van der Waals surface area contributed by atoms with Gasteiger partial charge in [0.15, 0.2) is 12.2 Å². The molecule has 13 heavy (non-hydrogen) atoms. The zero-order valence-electron chi connectivity index (χ0n) is 6.54. The molecule has 1 aromatic heterocycles. The highest BCUT2D eigenvalue weighted by molar-refractivity contribution is 9.10. The van der Waals surface area contributed by atoms with Crippen molar-refractivity contribution in [2.24, 2.45) is 0 Å². The van der Waals surface area contributed by atoms with E-state index in [-0.39, 0.29) is 5.88 Å². The van der Waals surface area contributed by atoms with Gasteiger partial charge < -0.3 is 10.1 Å². The summed E-state index contributed by atoms with van der Waals surface area (Å²) in [6, 6.07) is 5.41. The predicted octanol–water partition coefficient (Wildman–Crippen LogP) is 2.45. The van der Waals surface area contributed by atoms with E-state index in [1.807, 2.05) is 12.1 Å². The van der Waals surface area contributed by atoms with Gasteiger partial charge in [-0.15, -0.1) is 0 Å². The Morgan fingerprint density at radius 2 is 2.23 bits per heavy atom. The van der Waals surface area contributed by atoms with Gasteiger partial charge in [0.1, 0.15) is 0 Å². The number of benzene rings is 1. The molecule has 0 saturated heterocycles. The molecule has 4 heteroatoms. The minimum atomic E-state index is -0.0805. The minimum Gasteiger partial charge on any atom is -0.494 e. The number of hydrogen-bond donors (Lipinski definition) is 2. The van der Waals surface area contributed by atoms with Crippen molar-refractivity contribution in [1.29, 1.82) is 0 Å². The maximum Gasteiger partial charge on any atom is 0.200 e. The lowest BCUT2D eigenvalue weighted by Crippen LogP contribution is -1.75. The molecule has 2 aromatic rings. The van der Waals surface area contributed by atoms with Crippen LogP contribution < -0.4 is 0 Å². The number of carbonyl (C=O) groups is 1. The third-order valence-corrected chi connectivity index (χ3v) is 2.39. The van der Waals surface area contributed by atoms with Crippen molar-refractivity contribution in [2.75, 3.05) is 0 Å². The monoisotopic (exact) mass is 239 g/mol. The Labute approximate surface area is 82.5 Å². The minimum absolute atomic E-state index is 0.0805. The highest BCUT2D eigenvalue weighted by Gasteiger charge is 2.08. The summed E-state index contributed by atoms with van der Waals surface area (Å²) < 4.78 is 0.902. The number of aromatic nitrogens is 1. The molecule has 2 rings (SSSR count). The van der Waals surface area contributed by atoms with Crippen molar-refractivity contribution in [3.05, 3.63) is 28.2 Å². The van der Waals surface area contributed by atoms with Gasteiger partial charge in [-0.05, 0) is 12.1 Å². The lowest BCUT2D eigenvalue weighted by molar-refractivity contribution is 0.112. The fourth-order valence-electron chi connectivity index (χ4n) is 1.30. The van der Waals surface area contributed by atoms with E-state index in [4.69, 9.17) is 0 Å². The molecule has 0 saturated carbocycles. The van der Waals surface area contributed by atoms with Crippen LogP contribution in [0.5, 0.6) is 5.88 Å². The highest BCUT2D eigenvalue weighted by Crippen LogP contribution is 2.27. The smallest absolute Gasteiger partial charge is 0.200 e. The summed E-state index contributed by atoms with van der Waals surface area (Å²) in [6.07, 6.45) is 0.641. The van der Waals surface area contributed by atoms with Crippen LogP contribution in [0.4, 0.5) is 0 Å². The van der Waals surface area contributed by atoms with Gasteiger partial charge >= 0.3 is 0 Å². The largest absolute Gasteiger partial charge is 0.494 e. The second kappa shape index (κ2) is 2.88. The average Bonchev–Trinajstić information content (AvgIpc) is 2.39. The number of aldehydes is 1. The van der Waals surface area contributed by atoms with Gasteiger partial charge in [-0.25, -0.2) is 0 Å². The van der Waals surface area contributed by atoms with Gasteiger partial charge in [0.2, 0.25) is 0 Å². The summed E-state index contributed by atoms with van der Waals surface area (Å²) >= 11 is 3.30. The van der Waals surface area contributed by atoms with Gasteiger partial charge in [0.25, 0.3) is 0 Å². The van der Waals surface area contributed by atoms with Gasteiger partial charge in [-0.1, -0.05) is 22.0 Å². The normalized spacial score (nSPS) is 10.5. The molecular formula is C9H6BrNO2. The number of rotatable bonds is 1. The Hall–Kier alpha value is -1.29. The number of hydrogen-bond acceptors (Lipinski definition) is 2. The van der Waals surface area contributed by atoms with Crippen LogP contribution >= 0.6 is 15.9 Å². The van der Waals surface area contributed by atoms with Crippen molar-refractivity contribution in [2.45, 2.75) is 0 Å². The molecule has 0 amide bonds. The van der Waals surface area contributed by atoms with Crippen LogP contribution in [0.3, 0.4) is 0 Å². The Morgan fingerprint density at radius 1 is 1.46 bits per heavy atom. The van der Waals surface area contributed by atoms with Crippen LogP contribution in [0.15, 0.2) is 22.7 Å². The summed E-state index contributed by atoms with van der Waals surface area (Å²) in [6.45, 7) is 0. The Morgan fingerprint density at radius 3 is 2.92 bits per heavy atom. The standard InChI is InChI=1S/C9H6BrNO2/c10-5-1-2-6-7(4-12)9(13)11-8(6)3-5/h1-4,11,13H. The quantitative estimate of drug-likeness (QED) is 0.752. The number of H-pyrrole nitrogens is 1. The number of nitrogens with one attached hydrogen (secondary N) is 1. The molecule has 0 atom stereocenters. The third-order valence-electron chi connectivity index (χ3n) is 1.90. The summed E-state index contributed by atoms with van der Waals surface area (Å²) in [4.78, 5) is 13.3. The first kappa shape index (κ1) is 8.31. The van der Waals surface area contributed by atoms with Crippen LogP contribution in [0.25, 0.3) is 10.9 Å². The first-order valence-electron chi connectivity index (χ1n) is 3.68. The molecule has 1 aromatic carbocycles. The first-order chi connectivity index (χ1) is 6.22. The summed E-state index contributed by atoms with van der Waals surface area (Å²) in [5, 5.41) is 10.1. The average molecular weight is 240 g/mol. The number of aromatic amines is 1. The number of fused-ring (bicyclic) bond motifs is 1. The van der Waals surface area contributed by atoms with Crippen LogP contribution in [-0.4, -0.2) is 16.4 Å². The molecule has 0 bridgehead atoms. The molecular weight excluding hydrogens is 234 g/mol. The number of halogens is 1. The summed E-state index contributed by atoms with van der Waals surface area (Å²) in [7, 11) is 0. The van der Waals surface area contributed by atoms with E-state index in [0.29, 0.717) is 11.8 Å². The van der Waals surface area contributed by atoms with E-state index in [1.165, 1.54) is 0 Å². The fourth-order valence-corrected chi connectivity index (χ4v) is 1.66. The SMILES string of the molecule is O=Cc1c(O)[nH]c2cc(Br)ccc12. The zero-order valence-corrected chi connectivity index (χ0v) is 8.13. The molecule has 66 valence electrons. The summed E-state index contributed by atoms with van der Waals surface area (Å²) in [5.41, 5.74) is 1.05. The lowest BCUT2D eigenvalue weighted by Gasteiger charge is -1.90. The zero-order chi connectivity index (χ0) is 9.42. The Kier molecular flexibility index (Phi) is 1.84. The maximum atomic E-state index is 10.6. The van der Waals surface area contributed by atoms with Gasteiger partial charge in [-0.2, -0.15) is 0 Å². The molecule has 0 unspecified atom stereocenters. The van der Waals surface area contributed by atoms with E-state index in [1.54, 1.807) is 6.07 Å². The number of carbonyl (C=O) groups excluding carboxylic acids is 1. The fraction of sp³-hybridized carbons (Fsp3) is 0.